The molecule has 0 radical (unpaired) electrons. The molecule has 1 heterocycles. The molecule has 0 aliphatic heterocycles. The highest BCUT2D eigenvalue weighted by Crippen LogP contribution is 2.21. The zero-order valence-corrected chi connectivity index (χ0v) is 10.3. The third-order valence-corrected chi connectivity index (χ3v) is 3.49. The van der Waals surface area contributed by atoms with Gasteiger partial charge in [0.2, 0.25) is 0 Å². The van der Waals surface area contributed by atoms with Gasteiger partial charge in [-0.05, 0) is 13.5 Å². The van der Waals surface area contributed by atoms with Gasteiger partial charge < -0.3 is 5.32 Å². The maximum absolute atomic E-state index is 4.36. The van der Waals surface area contributed by atoms with Gasteiger partial charge in [-0.2, -0.15) is 0 Å². The molecule has 76 valence electrons. The second-order valence-electron chi connectivity index (χ2n) is 2.46. The summed E-state index contributed by atoms with van der Waals surface area (Å²) in [4.78, 5) is 4.36. The van der Waals surface area contributed by atoms with Crippen molar-refractivity contribution in [2.45, 2.75) is 18.2 Å². The molecule has 0 aromatic carbocycles. The molecule has 1 N–H and O–H groups in total. The number of thiazole rings is 1. The van der Waals surface area contributed by atoms with Crippen molar-refractivity contribution in [2.24, 2.45) is 0 Å². The van der Waals surface area contributed by atoms with E-state index in [0.717, 1.165) is 24.5 Å². The fourth-order valence-electron chi connectivity index (χ4n) is 0.786. The largest absolute Gasteiger partial charge is 0.316 e. The van der Waals surface area contributed by atoms with Crippen LogP contribution < -0.4 is 5.32 Å². The maximum atomic E-state index is 4.36. The van der Waals surface area contributed by atoms with Gasteiger partial charge in [0, 0.05) is 23.4 Å². The molecule has 0 bridgehead atoms. The van der Waals surface area contributed by atoms with Gasteiger partial charge in [-0.25, -0.2) is 4.98 Å². The van der Waals surface area contributed by atoms with Gasteiger partial charge in [-0.15, -0.1) is 23.7 Å². The molecule has 0 spiro atoms. The van der Waals surface area contributed by atoms with E-state index in [9.17, 15) is 0 Å². The number of aryl methyl sites for hydroxylation is 1. The predicted molar refractivity (Wildman–Crippen MR) is 63.4 cm³/mol. The molecule has 0 saturated heterocycles. The van der Waals surface area contributed by atoms with Gasteiger partial charge in [0.05, 0.1) is 0 Å². The first-order valence-electron chi connectivity index (χ1n) is 4.08. The molecular formula is C8H15ClN2S2. The zero-order valence-electron chi connectivity index (χ0n) is 7.87. The molecule has 1 rings (SSSR count). The van der Waals surface area contributed by atoms with Crippen LogP contribution in [0.4, 0.5) is 0 Å². The molecule has 2 nitrogen and oxygen atoms in total. The van der Waals surface area contributed by atoms with E-state index in [1.54, 1.807) is 11.3 Å². The second kappa shape index (κ2) is 7.62. The lowest BCUT2D eigenvalue weighted by Gasteiger charge is -1.97. The SMILES string of the molecule is CCNCCSc1nc(C)cs1.Cl. The minimum absolute atomic E-state index is 0. The first-order chi connectivity index (χ1) is 5.83. The highest BCUT2D eigenvalue weighted by molar-refractivity contribution is 8.01. The smallest absolute Gasteiger partial charge is 0.150 e. The number of rotatable bonds is 5. The van der Waals surface area contributed by atoms with Gasteiger partial charge in [-0.3, -0.25) is 0 Å². The molecule has 0 amide bonds. The van der Waals surface area contributed by atoms with Crippen molar-refractivity contribution >= 4 is 35.5 Å². The molecule has 0 saturated carbocycles. The van der Waals surface area contributed by atoms with Crippen LogP contribution in [0.5, 0.6) is 0 Å². The van der Waals surface area contributed by atoms with Crippen LogP contribution in [0.15, 0.2) is 9.72 Å². The summed E-state index contributed by atoms with van der Waals surface area (Å²) in [7, 11) is 0. The summed E-state index contributed by atoms with van der Waals surface area (Å²) < 4.78 is 1.19. The van der Waals surface area contributed by atoms with E-state index in [1.165, 1.54) is 4.34 Å². The van der Waals surface area contributed by atoms with Crippen molar-refractivity contribution in [1.82, 2.24) is 10.3 Å². The fourth-order valence-corrected chi connectivity index (χ4v) is 2.60. The van der Waals surface area contributed by atoms with Crippen molar-refractivity contribution in [1.29, 1.82) is 0 Å². The van der Waals surface area contributed by atoms with E-state index < -0.39 is 0 Å². The van der Waals surface area contributed by atoms with Crippen LogP contribution in [-0.2, 0) is 0 Å². The first-order valence-corrected chi connectivity index (χ1v) is 5.95. The molecule has 1 aromatic rings. The minimum atomic E-state index is 0. The summed E-state index contributed by atoms with van der Waals surface area (Å²) in [5.74, 6) is 1.11. The van der Waals surface area contributed by atoms with Gasteiger partial charge in [-0.1, -0.05) is 18.7 Å². The maximum Gasteiger partial charge on any atom is 0.150 e. The van der Waals surface area contributed by atoms with Crippen molar-refractivity contribution in [2.75, 3.05) is 18.8 Å². The Hall–Kier alpha value is 0.230. The third kappa shape index (κ3) is 5.52. The Labute approximate surface area is 93.9 Å². The standard InChI is InChI=1S/C8H14N2S2.ClH/c1-3-9-4-5-11-8-10-7(2)6-12-8;/h6,9H,3-5H2,1-2H3;1H. The molecule has 0 fully saturated rings. The lowest BCUT2D eigenvalue weighted by atomic mass is 10.6. The second-order valence-corrected chi connectivity index (χ2v) is 4.66. The number of hydrogen-bond donors (Lipinski definition) is 1. The Morgan fingerprint density at radius 1 is 1.62 bits per heavy atom. The monoisotopic (exact) mass is 238 g/mol. The Bertz CT molecular complexity index is 228. The van der Waals surface area contributed by atoms with E-state index in [-0.39, 0.29) is 12.4 Å². The van der Waals surface area contributed by atoms with Gasteiger partial charge in [0.15, 0.2) is 0 Å². The molecule has 1 aromatic heterocycles. The fraction of sp³-hybridized carbons (Fsp3) is 0.625. The lowest BCUT2D eigenvalue weighted by Crippen LogP contribution is -2.15. The summed E-state index contributed by atoms with van der Waals surface area (Å²) in [6.07, 6.45) is 0. The molecule has 0 aliphatic carbocycles. The van der Waals surface area contributed by atoms with Crippen LogP contribution in [0.3, 0.4) is 0 Å². The summed E-state index contributed by atoms with van der Waals surface area (Å²) in [5, 5.41) is 5.37. The van der Waals surface area contributed by atoms with E-state index >= 15 is 0 Å². The normalized spacial score (nSPS) is 9.69. The number of nitrogens with zero attached hydrogens (tertiary/aromatic N) is 1. The lowest BCUT2D eigenvalue weighted by molar-refractivity contribution is 0.768. The molecular weight excluding hydrogens is 224 g/mol. The van der Waals surface area contributed by atoms with E-state index in [4.69, 9.17) is 0 Å². The summed E-state index contributed by atoms with van der Waals surface area (Å²) in [6, 6.07) is 0. The third-order valence-electron chi connectivity index (χ3n) is 1.35. The number of halogens is 1. The van der Waals surface area contributed by atoms with Crippen LogP contribution in [0.2, 0.25) is 0 Å². The average molecular weight is 239 g/mol. The van der Waals surface area contributed by atoms with Gasteiger partial charge in [0.1, 0.15) is 4.34 Å². The highest BCUT2D eigenvalue weighted by Gasteiger charge is 1.97. The van der Waals surface area contributed by atoms with E-state index in [0.29, 0.717) is 0 Å². The van der Waals surface area contributed by atoms with Crippen LogP contribution in [0.1, 0.15) is 12.6 Å². The first kappa shape index (κ1) is 13.2. The number of hydrogen-bond acceptors (Lipinski definition) is 4. The van der Waals surface area contributed by atoms with Crippen LogP contribution in [-0.4, -0.2) is 23.8 Å². The Balaban J connectivity index is 0.00000144. The van der Waals surface area contributed by atoms with E-state index in [1.807, 2.05) is 18.7 Å². The van der Waals surface area contributed by atoms with Crippen molar-refractivity contribution in [3.05, 3.63) is 11.1 Å². The molecule has 0 atom stereocenters. The van der Waals surface area contributed by atoms with Crippen LogP contribution in [0, 0.1) is 6.92 Å². The summed E-state index contributed by atoms with van der Waals surface area (Å²) in [5.41, 5.74) is 1.13. The molecule has 0 aliphatic rings. The van der Waals surface area contributed by atoms with Crippen LogP contribution in [0.25, 0.3) is 0 Å². The predicted octanol–water partition coefficient (Wildman–Crippen LogP) is 2.57. The van der Waals surface area contributed by atoms with Crippen molar-refractivity contribution in [3.8, 4) is 0 Å². The van der Waals surface area contributed by atoms with Gasteiger partial charge in [0.25, 0.3) is 0 Å². The highest BCUT2D eigenvalue weighted by atomic mass is 35.5. The molecule has 0 unspecified atom stereocenters. The number of nitrogens with one attached hydrogen (secondary N) is 1. The Morgan fingerprint density at radius 3 is 2.92 bits per heavy atom. The number of aromatic nitrogens is 1. The average Bonchev–Trinajstić information content (AvgIpc) is 2.45. The van der Waals surface area contributed by atoms with E-state index in [2.05, 4.69) is 22.6 Å². The summed E-state index contributed by atoms with van der Waals surface area (Å²) in [6.45, 7) is 6.28. The van der Waals surface area contributed by atoms with Crippen LogP contribution >= 0.6 is 35.5 Å². The topological polar surface area (TPSA) is 24.9 Å². The van der Waals surface area contributed by atoms with Crippen molar-refractivity contribution < 1.29 is 0 Å². The molecule has 13 heavy (non-hydrogen) atoms. The van der Waals surface area contributed by atoms with Crippen molar-refractivity contribution in [3.63, 3.8) is 0 Å². The zero-order chi connectivity index (χ0) is 8.81. The quantitative estimate of drug-likeness (QED) is 0.631. The molecule has 5 heteroatoms. The minimum Gasteiger partial charge on any atom is -0.316 e. The summed E-state index contributed by atoms with van der Waals surface area (Å²) >= 11 is 3.56. The Kier molecular flexibility index (Phi) is 7.75. The van der Waals surface area contributed by atoms with Gasteiger partial charge >= 0.3 is 0 Å². The number of thioether (sulfide) groups is 1. The Morgan fingerprint density at radius 2 is 2.38 bits per heavy atom.